The number of nitrogens with one attached hydrogen (secondary N) is 2. The van der Waals surface area contributed by atoms with Crippen molar-refractivity contribution < 1.29 is 19.2 Å². The minimum Gasteiger partial charge on any atom is -0.351 e. The van der Waals surface area contributed by atoms with Gasteiger partial charge in [0.05, 0.1) is 0 Å². The van der Waals surface area contributed by atoms with Gasteiger partial charge >= 0.3 is 0 Å². The van der Waals surface area contributed by atoms with Gasteiger partial charge in [0.15, 0.2) is 0 Å². The average molecular weight is 409 g/mol. The van der Waals surface area contributed by atoms with E-state index in [0.717, 1.165) is 0 Å². The highest BCUT2D eigenvalue weighted by molar-refractivity contribution is 6.06. The highest BCUT2D eigenvalue weighted by Crippen LogP contribution is 2.28. The molecule has 0 saturated carbocycles. The summed E-state index contributed by atoms with van der Waals surface area (Å²) in [5.74, 6) is -1.25. The minimum absolute atomic E-state index is 0. The zero-order chi connectivity index (χ0) is 19.8. The normalized spacial score (nSPS) is 19.0. The maximum Gasteiger partial charge on any atom is 0.255 e. The maximum absolute atomic E-state index is 12.6. The van der Waals surface area contributed by atoms with E-state index in [1.165, 1.54) is 4.90 Å². The number of amides is 4. The molecule has 1 aromatic carbocycles. The van der Waals surface area contributed by atoms with E-state index in [-0.39, 0.29) is 48.5 Å². The average Bonchev–Trinajstić information content (AvgIpc) is 2.96. The van der Waals surface area contributed by atoms with Gasteiger partial charge in [-0.2, -0.15) is 0 Å². The number of benzene rings is 1. The number of hydrogen-bond acceptors (Lipinski definition) is 5. The predicted octanol–water partition coefficient (Wildman–Crippen LogP) is 0.584. The molecule has 1 saturated heterocycles. The van der Waals surface area contributed by atoms with E-state index in [1.807, 2.05) is 13.8 Å². The van der Waals surface area contributed by atoms with E-state index >= 15 is 0 Å². The van der Waals surface area contributed by atoms with Crippen LogP contribution in [0.1, 0.15) is 53.0 Å². The maximum atomic E-state index is 12.6. The van der Waals surface area contributed by atoms with E-state index in [1.54, 1.807) is 18.2 Å². The van der Waals surface area contributed by atoms with Crippen LogP contribution in [0.2, 0.25) is 0 Å². The monoisotopic (exact) mass is 408 g/mol. The number of imide groups is 1. The SMILES string of the molecule is CC(C)(CN)CNC(=O)c1ccc2c(c1)CN(C1CCC(=O)NC1=O)C2=O.Cl. The second kappa shape index (κ2) is 8.28. The molecule has 4 N–H and O–H groups in total. The fourth-order valence-electron chi connectivity index (χ4n) is 3.21. The molecule has 4 amide bonds. The molecule has 0 spiro atoms. The third kappa shape index (κ3) is 4.34. The number of nitrogens with two attached hydrogens (primary N) is 1. The number of nitrogens with zero attached hydrogens (tertiary/aromatic N) is 1. The van der Waals surface area contributed by atoms with Gasteiger partial charge in [-0.05, 0) is 42.1 Å². The Morgan fingerprint density at radius 2 is 2.04 bits per heavy atom. The van der Waals surface area contributed by atoms with Crippen LogP contribution in [0.4, 0.5) is 0 Å². The van der Waals surface area contributed by atoms with Gasteiger partial charge in [0.2, 0.25) is 11.8 Å². The Bertz CT molecular complexity index is 824. The van der Waals surface area contributed by atoms with Crippen molar-refractivity contribution in [2.75, 3.05) is 13.1 Å². The standard InChI is InChI=1S/C19H24N4O4.ClH/c1-19(2,9-20)10-21-16(25)11-3-4-13-12(7-11)8-23(18(13)27)14-5-6-15(24)22-17(14)26;/h3-4,7,14H,5-6,8-10,20H2,1-2H3,(H,21,25)(H,22,24,26);1H. The van der Waals surface area contributed by atoms with Gasteiger partial charge in [-0.15, -0.1) is 12.4 Å². The summed E-state index contributed by atoms with van der Waals surface area (Å²) in [6.07, 6.45) is 0.521. The van der Waals surface area contributed by atoms with Crippen molar-refractivity contribution in [1.82, 2.24) is 15.5 Å². The van der Waals surface area contributed by atoms with E-state index in [4.69, 9.17) is 5.73 Å². The van der Waals surface area contributed by atoms with Crippen LogP contribution in [0.25, 0.3) is 0 Å². The number of fused-ring (bicyclic) bond motifs is 1. The van der Waals surface area contributed by atoms with Crippen LogP contribution in [0.5, 0.6) is 0 Å². The molecule has 2 aliphatic rings. The largest absolute Gasteiger partial charge is 0.351 e. The van der Waals surface area contributed by atoms with E-state index in [9.17, 15) is 19.2 Å². The molecule has 2 heterocycles. The third-order valence-electron chi connectivity index (χ3n) is 5.07. The van der Waals surface area contributed by atoms with Gasteiger partial charge in [0.25, 0.3) is 11.8 Å². The van der Waals surface area contributed by atoms with Crippen molar-refractivity contribution in [2.24, 2.45) is 11.1 Å². The Balaban J connectivity index is 0.00000280. The Hall–Kier alpha value is -2.45. The third-order valence-corrected chi connectivity index (χ3v) is 5.07. The number of carbonyl (C=O) groups excluding carboxylic acids is 4. The summed E-state index contributed by atoms with van der Waals surface area (Å²) < 4.78 is 0. The number of carbonyl (C=O) groups is 4. The molecule has 1 unspecified atom stereocenters. The van der Waals surface area contributed by atoms with Crippen LogP contribution < -0.4 is 16.4 Å². The molecule has 1 fully saturated rings. The van der Waals surface area contributed by atoms with Crippen LogP contribution in [0, 0.1) is 5.41 Å². The summed E-state index contributed by atoms with van der Waals surface area (Å²) in [6, 6.07) is 4.25. The van der Waals surface area contributed by atoms with Crippen molar-refractivity contribution in [1.29, 1.82) is 0 Å². The molecular formula is C19H25ClN4O4. The first-order valence-electron chi connectivity index (χ1n) is 8.98. The van der Waals surface area contributed by atoms with Gasteiger partial charge in [-0.25, -0.2) is 0 Å². The van der Waals surface area contributed by atoms with E-state index in [0.29, 0.717) is 36.2 Å². The molecule has 3 rings (SSSR count). The van der Waals surface area contributed by atoms with Crippen LogP contribution in [0.15, 0.2) is 18.2 Å². The van der Waals surface area contributed by atoms with Gasteiger partial charge in [-0.1, -0.05) is 13.8 Å². The second-order valence-electron chi connectivity index (χ2n) is 7.82. The summed E-state index contributed by atoms with van der Waals surface area (Å²) in [6.45, 7) is 5.07. The van der Waals surface area contributed by atoms with Gasteiger partial charge in [0, 0.05) is 30.6 Å². The summed E-state index contributed by atoms with van der Waals surface area (Å²) in [7, 11) is 0. The smallest absolute Gasteiger partial charge is 0.255 e. The lowest BCUT2D eigenvalue weighted by Crippen LogP contribution is -2.52. The van der Waals surface area contributed by atoms with Crippen molar-refractivity contribution >= 4 is 36.0 Å². The van der Waals surface area contributed by atoms with Gasteiger partial charge < -0.3 is 16.0 Å². The first-order chi connectivity index (χ1) is 12.7. The Morgan fingerprint density at radius 3 is 2.68 bits per heavy atom. The molecule has 8 nitrogen and oxygen atoms in total. The van der Waals surface area contributed by atoms with Crippen LogP contribution in [-0.4, -0.2) is 47.7 Å². The first kappa shape index (κ1) is 21.8. The van der Waals surface area contributed by atoms with Crippen LogP contribution in [-0.2, 0) is 16.1 Å². The molecule has 0 radical (unpaired) electrons. The van der Waals surface area contributed by atoms with Gasteiger partial charge in [-0.3, -0.25) is 24.5 Å². The number of hydrogen-bond donors (Lipinski definition) is 3. The molecule has 28 heavy (non-hydrogen) atoms. The van der Waals surface area contributed by atoms with Crippen molar-refractivity contribution in [3.63, 3.8) is 0 Å². The molecule has 9 heteroatoms. The summed E-state index contributed by atoms with van der Waals surface area (Å²) in [5.41, 5.74) is 7.12. The zero-order valence-corrected chi connectivity index (χ0v) is 16.7. The summed E-state index contributed by atoms with van der Waals surface area (Å²) in [5, 5.41) is 5.13. The Morgan fingerprint density at radius 1 is 1.32 bits per heavy atom. The van der Waals surface area contributed by atoms with Crippen molar-refractivity contribution in [3.8, 4) is 0 Å². The highest BCUT2D eigenvalue weighted by Gasteiger charge is 2.39. The Kier molecular flexibility index (Phi) is 6.46. The molecule has 1 atom stereocenters. The van der Waals surface area contributed by atoms with Crippen LogP contribution in [0.3, 0.4) is 0 Å². The van der Waals surface area contributed by atoms with Crippen LogP contribution >= 0.6 is 12.4 Å². The molecule has 0 aliphatic carbocycles. The molecular weight excluding hydrogens is 384 g/mol. The Labute approximate surface area is 169 Å². The number of piperidine rings is 1. The lowest BCUT2D eigenvalue weighted by Gasteiger charge is -2.29. The highest BCUT2D eigenvalue weighted by atomic mass is 35.5. The van der Waals surface area contributed by atoms with Crippen molar-refractivity contribution in [3.05, 3.63) is 34.9 Å². The minimum atomic E-state index is -0.662. The fraction of sp³-hybridized carbons (Fsp3) is 0.474. The summed E-state index contributed by atoms with van der Waals surface area (Å²) in [4.78, 5) is 49.9. The predicted molar refractivity (Wildman–Crippen MR) is 105 cm³/mol. The molecule has 152 valence electrons. The second-order valence-corrected chi connectivity index (χ2v) is 7.82. The lowest BCUT2D eigenvalue weighted by molar-refractivity contribution is -0.136. The number of rotatable bonds is 5. The molecule has 2 aliphatic heterocycles. The number of halogens is 1. The lowest BCUT2D eigenvalue weighted by atomic mass is 9.94. The zero-order valence-electron chi connectivity index (χ0n) is 15.9. The molecule has 0 aromatic heterocycles. The molecule has 1 aromatic rings. The topological polar surface area (TPSA) is 122 Å². The quantitative estimate of drug-likeness (QED) is 0.615. The van der Waals surface area contributed by atoms with Gasteiger partial charge in [0.1, 0.15) is 6.04 Å². The first-order valence-corrected chi connectivity index (χ1v) is 8.98. The fourth-order valence-corrected chi connectivity index (χ4v) is 3.21. The van der Waals surface area contributed by atoms with E-state index < -0.39 is 11.9 Å². The summed E-state index contributed by atoms with van der Waals surface area (Å²) >= 11 is 0. The van der Waals surface area contributed by atoms with Crippen molar-refractivity contribution in [2.45, 2.75) is 39.3 Å². The van der Waals surface area contributed by atoms with E-state index in [2.05, 4.69) is 10.6 Å². The molecule has 0 bridgehead atoms.